The standard InChI is InChI=1S/C14H20N2O2/c1-3-11-6-4-5-7-16(11)14(18)12-9-15-10(2)8-13(12)17/h8-9,11H,3-7H2,1-2H3,(H,15,17). The van der Waals surface area contributed by atoms with Crippen molar-refractivity contribution >= 4 is 5.91 Å². The van der Waals surface area contributed by atoms with Crippen molar-refractivity contribution in [1.82, 2.24) is 9.88 Å². The van der Waals surface area contributed by atoms with Crippen LogP contribution in [0.15, 0.2) is 17.1 Å². The van der Waals surface area contributed by atoms with E-state index in [1.807, 2.05) is 11.8 Å². The summed E-state index contributed by atoms with van der Waals surface area (Å²) in [7, 11) is 0. The van der Waals surface area contributed by atoms with Gasteiger partial charge in [0.25, 0.3) is 5.91 Å². The molecule has 1 aromatic rings. The number of rotatable bonds is 2. The van der Waals surface area contributed by atoms with Crippen LogP contribution in [-0.2, 0) is 0 Å². The van der Waals surface area contributed by atoms with E-state index in [4.69, 9.17) is 0 Å². The van der Waals surface area contributed by atoms with Gasteiger partial charge >= 0.3 is 0 Å². The third-order valence-electron chi connectivity index (χ3n) is 3.65. The van der Waals surface area contributed by atoms with Crippen LogP contribution in [0, 0.1) is 6.92 Å². The Labute approximate surface area is 107 Å². The van der Waals surface area contributed by atoms with Crippen LogP contribution in [0.2, 0.25) is 0 Å². The summed E-state index contributed by atoms with van der Waals surface area (Å²) in [6, 6.07) is 1.77. The summed E-state index contributed by atoms with van der Waals surface area (Å²) >= 11 is 0. The van der Waals surface area contributed by atoms with Gasteiger partial charge in [-0.05, 0) is 32.6 Å². The molecule has 1 atom stereocenters. The molecule has 2 rings (SSSR count). The Hall–Kier alpha value is -1.58. The molecular formula is C14H20N2O2. The number of amides is 1. The van der Waals surface area contributed by atoms with E-state index in [1.54, 1.807) is 6.20 Å². The topological polar surface area (TPSA) is 53.2 Å². The highest BCUT2D eigenvalue weighted by molar-refractivity contribution is 5.94. The Morgan fingerprint density at radius 3 is 2.94 bits per heavy atom. The SMILES string of the molecule is CCC1CCCCN1C(=O)c1c[nH]c(C)cc1=O. The molecule has 1 saturated heterocycles. The van der Waals surface area contributed by atoms with Crippen molar-refractivity contribution in [3.05, 3.63) is 33.7 Å². The van der Waals surface area contributed by atoms with Crippen molar-refractivity contribution in [2.45, 2.75) is 45.6 Å². The lowest BCUT2D eigenvalue weighted by molar-refractivity contribution is 0.0606. The Balaban J connectivity index is 2.27. The van der Waals surface area contributed by atoms with Crippen LogP contribution in [0.4, 0.5) is 0 Å². The average molecular weight is 248 g/mol. The summed E-state index contributed by atoms with van der Waals surface area (Å²) in [6.45, 7) is 4.67. The zero-order chi connectivity index (χ0) is 13.1. The molecule has 1 unspecified atom stereocenters. The Bertz CT molecular complexity index is 493. The number of hydrogen-bond acceptors (Lipinski definition) is 2. The molecule has 1 amide bonds. The molecule has 0 saturated carbocycles. The Morgan fingerprint density at radius 1 is 1.50 bits per heavy atom. The fourth-order valence-electron chi connectivity index (χ4n) is 2.59. The summed E-state index contributed by atoms with van der Waals surface area (Å²) in [6.07, 6.45) is 5.75. The minimum absolute atomic E-state index is 0.122. The first-order chi connectivity index (χ1) is 8.63. The number of aromatic nitrogens is 1. The Kier molecular flexibility index (Phi) is 3.84. The van der Waals surface area contributed by atoms with Crippen LogP contribution in [0.5, 0.6) is 0 Å². The summed E-state index contributed by atoms with van der Waals surface area (Å²) < 4.78 is 0. The van der Waals surface area contributed by atoms with Crippen molar-refractivity contribution in [2.75, 3.05) is 6.54 Å². The quantitative estimate of drug-likeness (QED) is 0.871. The van der Waals surface area contributed by atoms with E-state index in [1.165, 1.54) is 12.5 Å². The molecular weight excluding hydrogens is 228 g/mol. The molecule has 4 heteroatoms. The van der Waals surface area contributed by atoms with E-state index in [0.29, 0.717) is 0 Å². The summed E-state index contributed by atoms with van der Waals surface area (Å²) in [5.41, 5.74) is 0.861. The third-order valence-corrected chi connectivity index (χ3v) is 3.65. The summed E-state index contributed by atoms with van der Waals surface area (Å²) in [5.74, 6) is -0.122. The summed E-state index contributed by atoms with van der Waals surface area (Å²) in [5, 5.41) is 0. The first-order valence-electron chi connectivity index (χ1n) is 6.63. The van der Waals surface area contributed by atoms with Crippen molar-refractivity contribution in [2.24, 2.45) is 0 Å². The van der Waals surface area contributed by atoms with E-state index < -0.39 is 0 Å². The van der Waals surface area contributed by atoms with Crippen LogP contribution in [0.3, 0.4) is 0 Å². The fraction of sp³-hybridized carbons (Fsp3) is 0.571. The van der Waals surface area contributed by atoms with Gasteiger partial charge in [0.05, 0.1) is 0 Å². The number of piperidine rings is 1. The maximum absolute atomic E-state index is 12.4. The minimum atomic E-state index is -0.184. The monoisotopic (exact) mass is 248 g/mol. The lowest BCUT2D eigenvalue weighted by Crippen LogP contribution is -2.44. The van der Waals surface area contributed by atoms with Crippen LogP contribution >= 0.6 is 0 Å². The number of hydrogen-bond donors (Lipinski definition) is 1. The largest absolute Gasteiger partial charge is 0.364 e. The van der Waals surface area contributed by atoms with Crippen LogP contribution < -0.4 is 5.43 Å². The highest BCUT2D eigenvalue weighted by Gasteiger charge is 2.27. The number of carbonyl (C=O) groups is 1. The molecule has 1 N–H and O–H groups in total. The Morgan fingerprint density at radius 2 is 2.28 bits per heavy atom. The number of nitrogens with zero attached hydrogens (tertiary/aromatic N) is 1. The first kappa shape index (κ1) is 12.9. The molecule has 1 fully saturated rings. The lowest BCUT2D eigenvalue weighted by Gasteiger charge is -2.35. The number of carbonyl (C=O) groups excluding carboxylic acids is 1. The maximum Gasteiger partial charge on any atom is 0.259 e. The number of likely N-dealkylation sites (tertiary alicyclic amines) is 1. The van der Waals surface area contributed by atoms with Crippen LogP contribution in [0.1, 0.15) is 48.7 Å². The summed E-state index contributed by atoms with van der Waals surface area (Å²) in [4.78, 5) is 29.1. The zero-order valence-electron chi connectivity index (χ0n) is 11.0. The average Bonchev–Trinajstić information content (AvgIpc) is 2.38. The van der Waals surface area contributed by atoms with Crippen molar-refractivity contribution in [3.63, 3.8) is 0 Å². The molecule has 1 aromatic heterocycles. The van der Waals surface area contributed by atoms with Gasteiger partial charge in [0.2, 0.25) is 0 Å². The molecule has 0 radical (unpaired) electrons. The molecule has 18 heavy (non-hydrogen) atoms. The fourth-order valence-corrected chi connectivity index (χ4v) is 2.59. The molecule has 0 aromatic carbocycles. The highest BCUT2D eigenvalue weighted by atomic mass is 16.2. The highest BCUT2D eigenvalue weighted by Crippen LogP contribution is 2.20. The molecule has 4 nitrogen and oxygen atoms in total. The number of H-pyrrole nitrogens is 1. The second-order valence-corrected chi connectivity index (χ2v) is 4.95. The van der Waals surface area contributed by atoms with Gasteiger partial charge in [0.1, 0.15) is 5.56 Å². The number of nitrogens with one attached hydrogen (secondary N) is 1. The van der Waals surface area contributed by atoms with Crippen molar-refractivity contribution in [1.29, 1.82) is 0 Å². The predicted octanol–water partition coefficient (Wildman–Crippen LogP) is 2.09. The molecule has 1 aliphatic rings. The zero-order valence-corrected chi connectivity index (χ0v) is 11.0. The smallest absolute Gasteiger partial charge is 0.259 e. The predicted molar refractivity (Wildman–Crippen MR) is 70.8 cm³/mol. The minimum Gasteiger partial charge on any atom is -0.364 e. The van der Waals surface area contributed by atoms with Gasteiger partial charge in [0, 0.05) is 30.5 Å². The van der Waals surface area contributed by atoms with Gasteiger partial charge in [-0.2, -0.15) is 0 Å². The molecule has 0 bridgehead atoms. The van der Waals surface area contributed by atoms with Crippen molar-refractivity contribution < 1.29 is 4.79 Å². The molecule has 1 aliphatic heterocycles. The second-order valence-electron chi connectivity index (χ2n) is 4.95. The van der Waals surface area contributed by atoms with Crippen LogP contribution in [-0.4, -0.2) is 28.4 Å². The third kappa shape index (κ3) is 2.47. The van der Waals surface area contributed by atoms with Crippen molar-refractivity contribution in [3.8, 4) is 0 Å². The van der Waals surface area contributed by atoms with E-state index >= 15 is 0 Å². The van der Waals surface area contributed by atoms with E-state index in [2.05, 4.69) is 11.9 Å². The molecule has 2 heterocycles. The maximum atomic E-state index is 12.4. The second kappa shape index (κ2) is 5.38. The van der Waals surface area contributed by atoms with E-state index in [0.717, 1.165) is 31.5 Å². The normalized spacial score (nSPS) is 19.9. The number of aryl methyl sites for hydroxylation is 1. The lowest BCUT2D eigenvalue weighted by atomic mass is 9.99. The molecule has 98 valence electrons. The van der Waals surface area contributed by atoms with Crippen LogP contribution in [0.25, 0.3) is 0 Å². The van der Waals surface area contributed by atoms with E-state index in [9.17, 15) is 9.59 Å². The van der Waals surface area contributed by atoms with Gasteiger partial charge in [-0.3, -0.25) is 9.59 Å². The molecule has 0 spiro atoms. The molecule has 0 aliphatic carbocycles. The first-order valence-corrected chi connectivity index (χ1v) is 6.63. The van der Waals surface area contributed by atoms with Gasteiger partial charge in [-0.15, -0.1) is 0 Å². The number of aromatic amines is 1. The van der Waals surface area contributed by atoms with Gasteiger partial charge < -0.3 is 9.88 Å². The van der Waals surface area contributed by atoms with Gasteiger partial charge in [0.15, 0.2) is 5.43 Å². The van der Waals surface area contributed by atoms with Gasteiger partial charge in [-0.1, -0.05) is 6.92 Å². The number of pyridine rings is 1. The van der Waals surface area contributed by atoms with Gasteiger partial charge in [-0.25, -0.2) is 0 Å². The van der Waals surface area contributed by atoms with E-state index in [-0.39, 0.29) is 22.9 Å².